The predicted octanol–water partition coefficient (Wildman–Crippen LogP) is 6.48. The summed E-state index contributed by atoms with van der Waals surface area (Å²) in [6.45, 7) is 3.01. The van der Waals surface area contributed by atoms with E-state index in [0.717, 1.165) is 5.56 Å². The van der Waals surface area contributed by atoms with E-state index in [1.165, 1.54) is 0 Å². The predicted molar refractivity (Wildman–Crippen MR) is 153 cm³/mol. The molecule has 39 heavy (non-hydrogen) atoms. The largest absolute Gasteiger partial charge is 0.492 e. The molecule has 0 aromatic heterocycles. The average Bonchev–Trinajstić information content (AvgIpc) is 3.15. The highest BCUT2D eigenvalue weighted by Gasteiger charge is 2.61. The molecule has 3 aromatic carbocycles. The van der Waals surface area contributed by atoms with Gasteiger partial charge < -0.3 is 20.5 Å². The van der Waals surface area contributed by atoms with Crippen LogP contribution in [0.15, 0.2) is 65.1 Å². The zero-order chi connectivity index (χ0) is 28.1. The van der Waals surface area contributed by atoms with Crippen LogP contribution in [-0.2, 0) is 19.8 Å². The van der Waals surface area contributed by atoms with Crippen molar-refractivity contribution in [2.45, 2.75) is 37.6 Å². The number of hydrogen-bond acceptors (Lipinski definition) is 4. The van der Waals surface area contributed by atoms with Crippen LogP contribution in [0.25, 0.3) is 0 Å². The zero-order valence-corrected chi connectivity index (χ0v) is 24.2. The summed E-state index contributed by atoms with van der Waals surface area (Å²) in [5.41, 5.74) is 0.0526. The van der Waals surface area contributed by atoms with E-state index in [1.54, 1.807) is 62.4 Å². The van der Waals surface area contributed by atoms with Gasteiger partial charge in [-0.3, -0.25) is 14.4 Å². The molecule has 1 spiro atoms. The fourth-order valence-electron chi connectivity index (χ4n) is 5.47. The highest BCUT2D eigenvalue weighted by atomic mass is 79.9. The molecule has 1 saturated heterocycles. The summed E-state index contributed by atoms with van der Waals surface area (Å²) in [6, 6.07) is 16.8. The number of anilines is 1. The van der Waals surface area contributed by atoms with Crippen LogP contribution in [0.3, 0.4) is 0 Å². The lowest BCUT2D eigenvalue weighted by molar-refractivity contribution is -0.148. The van der Waals surface area contributed by atoms with E-state index in [4.69, 9.17) is 27.9 Å². The Labute approximate surface area is 244 Å². The fourth-order valence-corrected chi connectivity index (χ4v) is 6.22. The summed E-state index contributed by atoms with van der Waals surface area (Å²) in [7, 11) is 0. The molecular weight excluding hydrogens is 607 g/mol. The Hall–Kier alpha value is -3.07. The number of aliphatic carboxylic acids is 1. The van der Waals surface area contributed by atoms with Gasteiger partial charge in [-0.15, -0.1) is 0 Å². The van der Waals surface area contributed by atoms with E-state index >= 15 is 0 Å². The van der Waals surface area contributed by atoms with Crippen molar-refractivity contribution in [3.63, 3.8) is 0 Å². The highest BCUT2D eigenvalue weighted by molar-refractivity contribution is 9.10. The Morgan fingerprint density at radius 1 is 1.10 bits per heavy atom. The molecule has 5 rings (SSSR count). The molecule has 7 nitrogen and oxygen atoms in total. The van der Waals surface area contributed by atoms with Crippen LogP contribution < -0.4 is 15.4 Å². The minimum Gasteiger partial charge on any atom is -0.492 e. The highest BCUT2D eigenvalue weighted by Crippen LogP contribution is 2.58. The lowest BCUT2D eigenvalue weighted by Crippen LogP contribution is -2.57. The Bertz CT molecular complexity index is 1510. The molecule has 2 heterocycles. The Kier molecular flexibility index (Phi) is 7.16. The first-order valence-electron chi connectivity index (χ1n) is 12.3. The maximum Gasteiger partial charge on any atom is 0.312 e. The first kappa shape index (κ1) is 27.5. The van der Waals surface area contributed by atoms with Crippen LogP contribution >= 0.6 is 39.1 Å². The van der Waals surface area contributed by atoms with E-state index in [2.05, 4.69) is 26.6 Å². The first-order chi connectivity index (χ1) is 18.4. The van der Waals surface area contributed by atoms with Gasteiger partial charge in [0.15, 0.2) is 0 Å². The number of carbonyl (C=O) groups is 3. The van der Waals surface area contributed by atoms with E-state index in [-0.39, 0.29) is 24.8 Å². The standard InChI is InChI=1S/C29H25BrCl2N2O5/c1-28(2,27(37)38)14-39-23-9-6-16(30)11-19(23)25-29(20-8-7-18(32)12-22(20)33-26(29)36)21(13-24(35)34-25)15-4-3-5-17(31)10-15/h3-12,21,25H,13-14H2,1-2H3,(H,33,36)(H,34,35)(H,37,38)/t21-,25+,29-/m1/s1. The number of carbonyl (C=O) groups excluding carboxylic acids is 2. The summed E-state index contributed by atoms with van der Waals surface area (Å²) in [4.78, 5) is 39.3. The topological polar surface area (TPSA) is 105 Å². The number of carboxylic acids is 1. The van der Waals surface area contributed by atoms with E-state index in [0.29, 0.717) is 37.1 Å². The number of hydrogen-bond donors (Lipinski definition) is 3. The van der Waals surface area contributed by atoms with Crippen molar-refractivity contribution < 1.29 is 24.2 Å². The van der Waals surface area contributed by atoms with Crippen molar-refractivity contribution in [2.75, 3.05) is 11.9 Å². The van der Waals surface area contributed by atoms with E-state index in [9.17, 15) is 19.5 Å². The molecule has 0 saturated carbocycles. The molecule has 2 aliphatic rings. The zero-order valence-electron chi connectivity index (χ0n) is 21.1. The van der Waals surface area contributed by atoms with Crippen molar-refractivity contribution in [1.82, 2.24) is 5.32 Å². The second kappa shape index (κ2) is 10.2. The average molecular weight is 632 g/mol. The monoisotopic (exact) mass is 630 g/mol. The SMILES string of the molecule is CC(C)(COc1ccc(Br)cc1[C@@H]1NC(=O)C[C@H](c2cccc(Cl)c2)[C@@]12C(=O)Nc1cc(Cl)ccc12)C(=O)O. The van der Waals surface area contributed by atoms with Gasteiger partial charge in [0.1, 0.15) is 17.8 Å². The van der Waals surface area contributed by atoms with Gasteiger partial charge in [-0.1, -0.05) is 57.3 Å². The maximum atomic E-state index is 14.2. The van der Waals surface area contributed by atoms with Gasteiger partial charge in [-0.2, -0.15) is 0 Å². The van der Waals surface area contributed by atoms with Crippen LogP contribution in [-0.4, -0.2) is 29.5 Å². The number of ether oxygens (including phenoxy) is 1. The number of nitrogens with one attached hydrogen (secondary N) is 2. The number of amides is 2. The van der Waals surface area contributed by atoms with Gasteiger partial charge in [0, 0.05) is 38.1 Å². The van der Waals surface area contributed by atoms with Crippen LogP contribution in [0.2, 0.25) is 10.0 Å². The Morgan fingerprint density at radius 3 is 2.56 bits per heavy atom. The molecule has 0 unspecified atom stereocenters. The van der Waals surface area contributed by atoms with Gasteiger partial charge in [-0.25, -0.2) is 0 Å². The number of piperidine rings is 1. The number of rotatable bonds is 6. The maximum absolute atomic E-state index is 14.2. The molecule has 3 aromatic rings. The molecule has 3 atom stereocenters. The molecule has 2 aliphatic heterocycles. The molecule has 2 amide bonds. The van der Waals surface area contributed by atoms with Crippen molar-refractivity contribution in [3.05, 3.63) is 91.9 Å². The third-order valence-corrected chi connectivity index (χ3v) is 8.42. The number of halogens is 3. The molecule has 0 aliphatic carbocycles. The van der Waals surface area contributed by atoms with E-state index in [1.807, 2.05) is 12.1 Å². The molecule has 1 fully saturated rings. The number of fused-ring (bicyclic) bond motifs is 2. The minimum absolute atomic E-state index is 0.0442. The smallest absolute Gasteiger partial charge is 0.312 e. The second-order valence-corrected chi connectivity index (χ2v) is 12.3. The Morgan fingerprint density at radius 2 is 1.85 bits per heavy atom. The second-order valence-electron chi connectivity index (χ2n) is 10.5. The van der Waals surface area contributed by atoms with Gasteiger partial charge in [0.05, 0.1) is 11.5 Å². The normalized spacial score (nSPS) is 22.3. The van der Waals surface area contributed by atoms with Gasteiger partial charge in [-0.05, 0) is 67.4 Å². The third kappa shape index (κ3) is 4.79. The van der Waals surface area contributed by atoms with Crippen LogP contribution in [0, 0.1) is 5.41 Å². The minimum atomic E-state index is -1.29. The fraction of sp³-hybridized carbons (Fsp3) is 0.276. The van der Waals surface area contributed by atoms with E-state index < -0.39 is 28.8 Å². The van der Waals surface area contributed by atoms with Crippen molar-refractivity contribution in [1.29, 1.82) is 0 Å². The molecule has 0 bridgehead atoms. The van der Waals surface area contributed by atoms with Crippen LogP contribution in [0.5, 0.6) is 5.75 Å². The summed E-state index contributed by atoms with van der Waals surface area (Å²) < 4.78 is 6.79. The summed E-state index contributed by atoms with van der Waals surface area (Å²) in [5.74, 6) is -1.78. The molecule has 10 heteroatoms. The van der Waals surface area contributed by atoms with Crippen molar-refractivity contribution in [2.24, 2.45) is 5.41 Å². The molecule has 202 valence electrons. The summed E-state index contributed by atoms with van der Waals surface area (Å²) >= 11 is 16.2. The van der Waals surface area contributed by atoms with Crippen LogP contribution in [0.1, 0.15) is 48.9 Å². The number of carboxylic acid groups (broad SMARTS) is 1. The van der Waals surface area contributed by atoms with Gasteiger partial charge in [0.2, 0.25) is 11.8 Å². The lowest BCUT2D eigenvalue weighted by Gasteiger charge is -2.46. The first-order valence-corrected chi connectivity index (χ1v) is 13.8. The summed E-state index contributed by atoms with van der Waals surface area (Å²) in [5, 5.41) is 16.6. The van der Waals surface area contributed by atoms with Gasteiger partial charge in [0.25, 0.3) is 0 Å². The molecule has 0 radical (unpaired) electrons. The van der Waals surface area contributed by atoms with Crippen molar-refractivity contribution >= 4 is 62.6 Å². The quantitative estimate of drug-likeness (QED) is 0.289. The van der Waals surface area contributed by atoms with Gasteiger partial charge >= 0.3 is 5.97 Å². The summed E-state index contributed by atoms with van der Waals surface area (Å²) in [6.07, 6.45) is 0.0442. The Balaban J connectivity index is 1.74. The lowest BCUT2D eigenvalue weighted by atomic mass is 9.59. The molecule has 3 N–H and O–H groups in total. The number of benzene rings is 3. The molecular formula is C29H25BrCl2N2O5. The third-order valence-electron chi connectivity index (χ3n) is 7.45. The van der Waals surface area contributed by atoms with Crippen LogP contribution in [0.4, 0.5) is 5.69 Å². The van der Waals surface area contributed by atoms with Crippen molar-refractivity contribution in [3.8, 4) is 5.75 Å².